The van der Waals surface area contributed by atoms with Crippen LogP contribution in [0.15, 0.2) is 103 Å². The Morgan fingerprint density at radius 2 is 1.27 bits per heavy atom. The predicted octanol–water partition coefficient (Wildman–Crippen LogP) is 7.34. The van der Waals surface area contributed by atoms with Gasteiger partial charge in [-0.05, 0) is 59.3 Å². The third-order valence-electron chi connectivity index (χ3n) is 10.2. The fourth-order valence-corrected chi connectivity index (χ4v) is 7.55. The predicted molar refractivity (Wildman–Crippen MR) is 207 cm³/mol. The molecule has 0 bridgehead atoms. The van der Waals surface area contributed by atoms with Gasteiger partial charge in [0.2, 0.25) is 0 Å². The Morgan fingerprint density at radius 1 is 0.691 bits per heavy atom. The van der Waals surface area contributed by atoms with Gasteiger partial charge in [-0.3, -0.25) is 9.59 Å². The molecule has 284 valence electrons. The minimum absolute atomic E-state index is 0.00384. The van der Waals surface area contributed by atoms with Gasteiger partial charge in [-0.1, -0.05) is 78.9 Å². The van der Waals surface area contributed by atoms with Crippen molar-refractivity contribution in [3.63, 3.8) is 0 Å². The van der Waals surface area contributed by atoms with Gasteiger partial charge in [-0.2, -0.15) is 0 Å². The lowest BCUT2D eigenvalue weighted by molar-refractivity contribution is -0.152. The minimum Gasteiger partial charge on any atom is -0.497 e. The van der Waals surface area contributed by atoms with E-state index in [1.807, 2.05) is 72.8 Å². The maximum Gasteiger partial charge on any atom is 0.306 e. The molecule has 1 aliphatic carbocycles. The van der Waals surface area contributed by atoms with Crippen LogP contribution in [0.5, 0.6) is 17.2 Å². The van der Waals surface area contributed by atoms with E-state index in [1.165, 1.54) is 0 Å². The molecule has 0 radical (unpaired) electrons. The van der Waals surface area contributed by atoms with Crippen LogP contribution in [-0.4, -0.2) is 70.9 Å². The van der Waals surface area contributed by atoms with Crippen molar-refractivity contribution in [1.82, 2.24) is 0 Å². The van der Waals surface area contributed by atoms with Gasteiger partial charge in [-0.25, -0.2) is 0 Å². The van der Waals surface area contributed by atoms with Crippen LogP contribution in [0.4, 0.5) is 0 Å². The molecule has 1 unspecified atom stereocenters. The average molecular weight is 745 g/mol. The van der Waals surface area contributed by atoms with Gasteiger partial charge in [-0.15, -0.1) is 0 Å². The first kappa shape index (κ1) is 37.6. The SMILES string of the molecule is COc1ccc(C2(c3ccc(OC)cc3)C=Cc3c4c(c5ccccc5c3O2)-c2ccccc2C4(C)OCCOC(=O)CCC(=O)OCCOCCO)cc1. The highest BCUT2D eigenvalue weighted by Crippen LogP contribution is 2.58. The largest absolute Gasteiger partial charge is 0.497 e. The molecule has 0 fully saturated rings. The molecule has 1 aliphatic heterocycles. The number of esters is 2. The Kier molecular flexibility index (Phi) is 11.2. The zero-order chi connectivity index (χ0) is 38.4. The first-order chi connectivity index (χ1) is 26.8. The highest BCUT2D eigenvalue weighted by Gasteiger charge is 2.47. The van der Waals surface area contributed by atoms with Crippen LogP contribution >= 0.6 is 0 Å². The Morgan fingerprint density at radius 3 is 1.89 bits per heavy atom. The molecule has 0 saturated carbocycles. The van der Waals surface area contributed by atoms with E-state index in [-0.39, 0.29) is 52.5 Å². The second-order valence-electron chi connectivity index (χ2n) is 13.4. The molecule has 10 nitrogen and oxygen atoms in total. The summed E-state index contributed by atoms with van der Waals surface area (Å²) >= 11 is 0. The van der Waals surface area contributed by atoms with E-state index < -0.39 is 23.1 Å². The molecule has 55 heavy (non-hydrogen) atoms. The minimum atomic E-state index is -0.987. The molecule has 0 saturated heterocycles. The molecule has 5 aromatic carbocycles. The lowest BCUT2D eigenvalue weighted by Gasteiger charge is -2.39. The number of rotatable bonds is 16. The quantitative estimate of drug-likeness (QED) is 0.0812. The highest BCUT2D eigenvalue weighted by molar-refractivity contribution is 6.08. The Hall–Kier alpha value is -5.68. The third-order valence-corrected chi connectivity index (χ3v) is 10.2. The van der Waals surface area contributed by atoms with Gasteiger partial charge in [0, 0.05) is 27.6 Å². The number of ether oxygens (including phenoxy) is 7. The van der Waals surface area contributed by atoms with Crippen LogP contribution < -0.4 is 14.2 Å². The van der Waals surface area contributed by atoms with Crippen molar-refractivity contribution >= 4 is 28.8 Å². The van der Waals surface area contributed by atoms with Crippen LogP contribution in [0, 0.1) is 0 Å². The lowest BCUT2D eigenvalue weighted by atomic mass is 9.80. The summed E-state index contributed by atoms with van der Waals surface area (Å²) in [6.07, 6.45) is 4.01. The van der Waals surface area contributed by atoms with Gasteiger partial charge in [0.15, 0.2) is 5.60 Å². The fourth-order valence-electron chi connectivity index (χ4n) is 7.55. The van der Waals surface area contributed by atoms with E-state index in [1.54, 1.807) is 14.2 Å². The summed E-state index contributed by atoms with van der Waals surface area (Å²) in [6.45, 7) is 2.44. The van der Waals surface area contributed by atoms with Crippen molar-refractivity contribution in [3.8, 4) is 28.4 Å². The maximum absolute atomic E-state index is 12.6. The summed E-state index contributed by atoms with van der Waals surface area (Å²) < 4.78 is 40.8. The van der Waals surface area contributed by atoms with Gasteiger partial charge in [0.1, 0.15) is 36.1 Å². The van der Waals surface area contributed by atoms with Crippen LogP contribution in [0.1, 0.15) is 47.6 Å². The van der Waals surface area contributed by atoms with E-state index in [4.69, 9.17) is 38.3 Å². The van der Waals surface area contributed by atoms with E-state index in [0.29, 0.717) is 0 Å². The molecule has 1 heterocycles. The van der Waals surface area contributed by atoms with Crippen LogP contribution in [0.25, 0.3) is 28.0 Å². The second-order valence-corrected chi connectivity index (χ2v) is 13.4. The van der Waals surface area contributed by atoms with E-state index in [0.717, 1.165) is 67.0 Å². The van der Waals surface area contributed by atoms with Gasteiger partial charge in [0.05, 0.1) is 53.5 Å². The van der Waals surface area contributed by atoms with Crippen LogP contribution in [0.3, 0.4) is 0 Å². The van der Waals surface area contributed by atoms with Crippen LogP contribution in [0.2, 0.25) is 0 Å². The smallest absolute Gasteiger partial charge is 0.306 e. The second kappa shape index (κ2) is 16.4. The van der Waals surface area contributed by atoms with Crippen molar-refractivity contribution in [2.45, 2.75) is 31.0 Å². The number of carbonyl (C=O) groups excluding carboxylic acids is 2. The molecular formula is C45H44O10. The van der Waals surface area contributed by atoms with Crippen LogP contribution in [-0.2, 0) is 39.7 Å². The van der Waals surface area contributed by atoms with E-state index in [9.17, 15) is 9.59 Å². The number of aliphatic hydroxyl groups excluding tert-OH is 1. The standard InChI is InChI=1S/C45H44O10/c1-44(54-29-28-53-40(48)21-20-39(47)52-27-26-51-25-24-46)38-11-7-6-10-36(38)41-34-8-4-5-9-35(34)43-37(42(41)44)22-23-45(55-43,30-12-16-32(49-2)17-13-30)31-14-18-33(50-3)19-15-31/h4-19,22-23,46H,20-21,24-29H2,1-3H3. The van der Waals surface area contributed by atoms with Crippen molar-refractivity contribution in [2.75, 3.05) is 53.9 Å². The summed E-state index contributed by atoms with van der Waals surface area (Å²) in [4.78, 5) is 24.6. The molecule has 1 N–H and O–H groups in total. The number of aliphatic hydroxyl groups is 1. The molecule has 1 atom stereocenters. The first-order valence-corrected chi connectivity index (χ1v) is 18.3. The number of carbonyl (C=O) groups is 2. The molecule has 10 heteroatoms. The number of methoxy groups -OCH3 is 2. The molecular weight excluding hydrogens is 700 g/mol. The van der Waals surface area contributed by atoms with Gasteiger partial charge >= 0.3 is 11.9 Å². The maximum atomic E-state index is 12.6. The number of fused-ring (bicyclic) bond motifs is 8. The van der Waals surface area contributed by atoms with Crippen molar-refractivity contribution in [1.29, 1.82) is 0 Å². The number of benzene rings is 5. The molecule has 7 rings (SSSR count). The topological polar surface area (TPSA) is 119 Å². The Labute approximate surface area is 320 Å². The van der Waals surface area contributed by atoms with Crippen molar-refractivity contribution in [3.05, 3.63) is 131 Å². The number of hydrogen-bond donors (Lipinski definition) is 1. The Balaban J connectivity index is 1.20. The van der Waals surface area contributed by atoms with E-state index in [2.05, 4.69) is 43.3 Å². The zero-order valence-electron chi connectivity index (χ0n) is 31.2. The van der Waals surface area contributed by atoms with Gasteiger partial charge in [0.25, 0.3) is 0 Å². The summed E-state index contributed by atoms with van der Waals surface area (Å²) in [5, 5.41) is 10.8. The molecule has 5 aromatic rings. The molecule has 0 amide bonds. The zero-order valence-corrected chi connectivity index (χ0v) is 31.2. The lowest BCUT2D eigenvalue weighted by Crippen LogP contribution is -2.35. The Bertz CT molecular complexity index is 2140. The van der Waals surface area contributed by atoms with Crippen molar-refractivity contribution in [2.24, 2.45) is 0 Å². The number of hydrogen-bond acceptors (Lipinski definition) is 10. The van der Waals surface area contributed by atoms with E-state index >= 15 is 0 Å². The summed E-state index contributed by atoms with van der Waals surface area (Å²) in [7, 11) is 3.30. The molecule has 0 spiro atoms. The first-order valence-electron chi connectivity index (χ1n) is 18.3. The van der Waals surface area contributed by atoms with Gasteiger partial charge < -0.3 is 38.3 Å². The average Bonchev–Trinajstić information content (AvgIpc) is 3.50. The summed E-state index contributed by atoms with van der Waals surface area (Å²) in [6, 6.07) is 32.4. The monoisotopic (exact) mass is 744 g/mol. The fraction of sp³-hybridized carbons (Fsp3) is 0.289. The normalized spacial score (nSPS) is 16.1. The molecule has 0 aromatic heterocycles. The molecule has 2 aliphatic rings. The van der Waals surface area contributed by atoms with Crippen molar-refractivity contribution < 1.29 is 47.9 Å². The summed E-state index contributed by atoms with van der Waals surface area (Å²) in [5.41, 5.74) is 4.93. The third kappa shape index (κ3) is 7.28. The highest BCUT2D eigenvalue weighted by atomic mass is 16.6. The summed E-state index contributed by atoms with van der Waals surface area (Å²) in [5.74, 6) is 1.16.